The average molecular weight is 465 g/mol. The summed E-state index contributed by atoms with van der Waals surface area (Å²) in [6, 6.07) is 17.1. The summed E-state index contributed by atoms with van der Waals surface area (Å²) in [5, 5.41) is 5.70. The Hall–Kier alpha value is -4.20. The molecule has 8 nitrogen and oxygen atoms in total. The minimum atomic E-state index is -0.890. The summed E-state index contributed by atoms with van der Waals surface area (Å²) in [7, 11) is 1.22. The first kappa shape index (κ1) is 24.4. The highest BCUT2D eigenvalue weighted by Crippen LogP contribution is 2.43. The van der Waals surface area contributed by atoms with Crippen molar-refractivity contribution in [1.82, 2.24) is 10.6 Å². The normalized spacial score (nSPS) is 15.2. The van der Waals surface area contributed by atoms with Crippen molar-refractivity contribution in [2.45, 2.75) is 26.4 Å². The van der Waals surface area contributed by atoms with Crippen LogP contribution in [-0.4, -0.2) is 25.9 Å². The summed E-state index contributed by atoms with van der Waals surface area (Å²) in [5.41, 5.74) is 2.81. The lowest BCUT2D eigenvalue weighted by Gasteiger charge is -2.31. The molecule has 0 saturated heterocycles. The molecule has 1 atom stereocenters. The van der Waals surface area contributed by atoms with E-state index in [-0.39, 0.29) is 18.1 Å². The minimum absolute atomic E-state index is 0.236. The molecule has 0 bridgehead atoms. The van der Waals surface area contributed by atoms with E-state index in [0.717, 1.165) is 5.56 Å². The van der Waals surface area contributed by atoms with E-state index in [0.29, 0.717) is 29.3 Å². The van der Waals surface area contributed by atoms with Gasteiger partial charge in [0.2, 0.25) is 0 Å². The number of benzene rings is 2. The van der Waals surface area contributed by atoms with Gasteiger partial charge in [0.05, 0.1) is 18.5 Å². The van der Waals surface area contributed by atoms with Gasteiger partial charge in [0, 0.05) is 12.1 Å². The Kier molecular flexibility index (Phi) is 8.34. The highest BCUT2D eigenvalue weighted by atomic mass is 16.7. The Labute approximate surface area is 198 Å². The SMILES string of the molecule is C=CCNC(=O)OC1=C(C)NC(C)=C(OC(=O)OC)C1c1ccccc1OCc1ccccc1. The smallest absolute Gasteiger partial charge is 0.489 e. The van der Waals surface area contributed by atoms with Crippen LogP contribution in [0.15, 0.2) is 90.2 Å². The van der Waals surface area contributed by atoms with Gasteiger partial charge in [-0.25, -0.2) is 9.59 Å². The number of ether oxygens (including phenoxy) is 4. The van der Waals surface area contributed by atoms with E-state index >= 15 is 0 Å². The monoisotopic (exact) mass is 464 g/mol. The summed E-state index contributed by atoms with van der Waals surface area (Å²) >= 11 is 0. The van der Waals surface area contributed by atoms with Crippen molar-refractivity contribution >= 4 is 12.2 Å². The first-order valence-corrected chi connectivity index (χ1v) is 10.7. The molecule has 2 aromatic rings. The fourth-order valence-electron chi connectivity index (χ4n) is 3.52. The lowest BCUT2D eigenvalue weighted by Crippen LogP contribution is -2.32. The highest BCUT2D eigenvalue weighted by Gasteiger charge is 2.36. The van der Waals surface area contributed by atoms with Crippen LogP contribution in [0.1, 0.15) is 30.9 Å². The predicted molar refractivity (Wildman–Crippen MR) is 127 cm³/mol. The maximum Gasteiger partial charge on any atom is 0.513 e. The molecule has 0 saturated carbocycles. The molecule has 1 heterocycles. The number of hydrogen-bond acceptors (Lipinski definition) is 7. The van der Waals surface area contributed by atoms with Gasteiger partial charge in [-0.1, -0.05) is 54.6 Å². The molecule has 1 aliphatic rings. The van der Waals surface area contributed by atoms with E-state index in [9.17, 15) is 9.59 Å². The van der Waals surface area contributed by atoms with Gasteiger partial charge in [-0.2, -0.15) is 0 Å². The number of dihydropyridines is 1. The quantitative estimate of drug-likeness (QED) is 0.414. The van der Waals surface area contributed by atoms with Gasteiger partial charge in [0.25, 0.3) is 0 Å². The van der Waals surface area contributed by atoms with Crippen LogP contribution >= 0.6 is 0 Å². The Morgan fingerprint density at radius 2 is 1.65 bits per heavy atom. The number of methoxy groups -OCH3 is 1. The molecule has 178 valence electrons. The van der Waals surface area contributed by atoms with Gasteiger partial charge in [0.1, 0.15) is 29.8 Å². The van der Waals surface area contributed by atoms with Crippen LogP contribution in [0.5, 0.6) is 5.75 Å². The number of amides is 1. The lowest BCUT2D eigenvalue weighted by atomic mass is 9.90. The Morgan fingerprint density at radius 1 is 1.00 bits per heavy atom. The predicted octanol–water partition coefficient (Wildman–Crippen LogP) is 5.11. The first-order valence-electron chi connectivity index (χ1n) is 10.7. The van der Waals surface area contributed by atoms with Crippen LogP contribution in [0.2, 0.25) is 0 Å². The molecular weight excluding hydrogens is 436 g/mol. The maximum atomic E-state index is 12.4. The van der Waals surface area contributed by atoms with E-state index in [1.807, 2.05) is 54.6 Å². The molecule has 1 aliphatic heterocycles. The van der Waals surface area contributed by atoms with Crippen molar-refractivity contribution in [1.29, 1.82) is 0 Å². The fraction of sp³-hybridized carbons (Fsp3) is 0.231. The van der Waals surface area contributed by atoms with Crippen LogP contribution in [-0.2, 0) is 20.8 Å². The molecule has 34 heavy (non-hydrogen) atoms. The van der Waals surface area contributed by atoms with E-state index in [1.165, 1.54) is 7.11 Å². The number of nitrogens with one attached hydrogen (secondary N) is 2. The summed E-state index contributed by atoms with van der Waals surface area (Å²) in [4.78, 5) is 24.5. The summed E-state index contributed by atoms with van der Waals surface area (Å²) < 4.78 is 22.1. The molecular formula is C26H28N2O6. The standard InChI is InChI=1S/C26H28N2O6/c1-5-15-27-25(29)33-23-17(2)28-18(3)24(34-26(30)31-4)22(23)20-13-9-10-14-21(20)32-16-19-11-7-6-8-12-19/h5-14,22,28H,1,15-16H2,2-4H3,(H,27,29). The maximum absolute atomic E-state index is 12.4. The highest BCUT2D eigenvalue weighted by molar-refractivity contribution is 5.70. The number of carbonyl (C=O) groups is 2. The third-order valence-corrected chi connectivity index (χ3v) is 5.06. The van der Waals surface area contributed by atoms with Gasteiger partial charge in [0.15, 0.2) is 0 Å². The number of alkyl carbamates (subject to hydrolysis) is 1. The van der Waals surface area contributed by atoms with Crippen molar-refractivity contribution in [3.8, 4) is 5.75 Å². The summed E-state index contributed by atoms with van der Waals surface area (Å²) in [5.74, 6) is 0.306. The lowest BCUT2D eigenvalue weighted by molar-refractivity contribution is 0.0887. The number of carbonyl (C=O) groups excluding carboxylic acids is 2. The third kappa shape index (κ3) is 5.98. The zero-order valence-electron chi connectivity index (χ0n) is 19.4. The first-order chi connectivity index (χ1) is 16.4. The van der Waals surface area contributed by atoms with Crippen LogP contribution in [0.3, 0.4) is 0 Å². The number of allylic oxidation sites excluding steroid dienone is 2. The Bertz CT molecular complexity index is 1110. The van der Waals surface area contributed by atoms with Gasteiger partial charge in [-0.15, -0.1) is 6.58 Å². The topological polar surface area (TPSA) is 95.1 Å². The number of hydrogen-bond donors (Lipinski definition) is 2. The summed E-state index contributed by atoms with van der Waals surface area (Å²) in [6.07, 6.45) is -0.0126. The van der Waals surface area contributed by atoms with Crippen LogP contribution in [0.25, 0.3) is 0 Å². The van der Waals surface area contributed by atoms with E-state index < -0.39 is 18.2 Å². The van der Waals surface area contributed by atoms with Crippen molar-refractivity contribution in [2.24, 2.45) is 0 Å². The molecule has 8 heteroatoms. The minimum Gasteiger partial charge on any atom is -0.489 e. The molecule has 0 aromatic heterocycles. The second-order valence-corrected chi connectivity index (χ2v) is 7.46. The van der Waals surface area contributed by atoms with E-state index in [4.69, 9.17) is 18.9 Å². The second kappa shape index (κ2) is 11.6. The van der Waals surface area contributed by atoms with Crippen LogP contribution in [0, 0.1) is 0 Å². The zero-order chi connectivity index (χ0) is 24.5. The zero-order valence-corrected chi connectivity index (χ0v) is 19.4. The molecule has 0 spiro atoms. The molecule has 2 N–H and O–H groups in total. The van der Waals surface area contributed by atoms with Gasteiger partial charge >= 0.3 is 12.2 Å². The van der Waals surface area contributed by atoms with Gasteiger partial charge in [-0.3, -0.25) is 0 Å². The van der Waals surface area contributed by atoms with Gasteiger partial charge < -0.3 is 29.6 Å². The molecule has 2 aromatic carbocycles. The summed E-state index contributed by atoms with van der Waals surface area (Å²) in [6.45, 7) is 7.69. The molecule has 1 unspecified atom stereocenters. The molecule has 0 fully saturated rings. The molecule has 3 rings (SSSR count). The van der Waals surface area contributed by atoms with Crippen molar-refractivity contribution in [2.75, 3.05) is 13.7 Å². The van der Waals surface area contributed by atoms with E-state index in [2.05, 4.69) is 17.2 Å². The van der Waals surface area contributed by atoms with Crippen molar-refractivity contribution < 1.29 is 28.5 Å². The largest absolute Gasteiger partial charge is 0.513 e. The fourth-order valence-corrected chi connectivity index (χ4v) is 3.52. The Balaban J connectivity index is 2.02. The third-order valence-electron chi connectivity index (χ3n) is 5.06. The second-order valence-electron chi connectivity index (χ2n) is 7.46. The van der Waals surface area contributed by atoms with E-state index in [1.54, 1.807) is 19.9 Å². The van der Waals surface area contributed by atoms with Crippen molar-refractivity contribution in [3.05, 3.63) is 101 Å². The molecule has 1 amide bonds. The van der Waals surface area contributed by atoms with Gasteiger partial charge in [-0.05, 0) is 25.5 Å². The number of rotatable bonds is 8. The number of para-hydroxylation sites is 1. The van der Waals surface area contributed by atoms with Crippen LogP contribution < -0.4 is 15.4 Å². The molecule has 0 aliphatic carbocycles. The van der Waals surface area contributed by atoms with Crippen LogP contribution in [0.4, 0.5) is 9.59 Å². The van der Waals surface area contributed by atoms with Crippen molar-refractivity contribution in [3.63, 3.8) is 0 Å². The molecule has 0 radical (unpaired) electrons. The Morgan fingerprint density at radius 3 is 2.32 bits per heavy atom. The average Bonchev–Trinajstić information content (AvgIpc) is 2.85.